The zero-order chi connectivity index (χ0) is 16.1. The number of benzene rings is 2. The van der Waals surface area contributed by atoms with Crippen LogP contribution in [0.15, 0.2) is 60.0 Å². The SMILES string of the molecule is Cc1nscc1C(=O)Nc1cccc(COc2ccccc2)c1. The van der Waals surface area contributed by atoms with E-state index in [0.717, 1.165) is 22.7 Å². The molecule has 0 atom stereocenters. The van der Waals surface area contributed by atoms with Crippen molar-refractivity contribution in [2.24, 2.45) is 0 Å². The fraction of sp³-hybridized carbons (Fsp3) is 0.111. The molecule has 1 aromatic heterocycles. The molecule has 0 fully saturated rings. The van der Waals surface area contributed by atoms with Gasteiger partial charge in [0.25, 0.3) is 5.91 Å². The van der Waals surface area contributed by atoms with Crippen LogP contribution in [0.2, 0.25) is 0 Å². The maximum Gasteiger partial charge on any atom is 0.258 e. The summed E-state index contributed by atoms with van der Waals surface area (Å²) in [6.45, 7) is 2.28. The first kappa shape index (κ1) is 15.2. The van der Waals surface area contributed by atoms with Gasteiger partial charge in [-0.2, -0.15) is 4.37 Å². The number of ether oxygens (including phenoxy) is 1. The molecule has 116 valence electrons. The van der Waals surface area contributed by atoms with E-state index in [2.05, 4.69) is 9.69 Å². The standard InChI is InChI=1S/C18H16N2O2S/c1-13-17(12-23-20-13)18(21)19-15-7-5-6-14(10-15)11-22-16-8-3-2-4-9-16/h2-10,12H,11H2,1H3,(H,19,21). The number of nitrogens with zero attached hydrogens (tertiary/aromatic N) is 1. The van der Waals surface area contributed by atoms with Crippen LogP contribution in [0.3, 0.4) is 0 Å². The molecule has 3 aromatic rings. The predicted octanol–water partition coefficient (Wildman–Crippen LogP) is 4.28. The minimum absolute atomic E-state index is 0.141. The summed E-state index contributed by atoms with van der Waals surface area (Å²) >= 11 is 1.28. The molecule has 2 aromatic carbocycles. The van der Waals surface area contributed by atoms with Gasteiger partial charge in [-0.05, 0) is 48.3 Å². The first-order valence-electron chi connectivity index (χ1n) is 7.21. The summed E-state index contributed by atoms with van der Waals surface area (Å²) in [6.07, 6.45) is 0. The Bertz CT molecular complexity index is 800. The number of carbonyl (C=O) groups excluding carboxylic acids is 1. The molecule has 0 unspecified atom stereocenters. The Kier molecular flexibility index (Phi) is 4.68. The number of aromatic nitrogens is 1. The Morgan fingerprint density at radius 1 is 1.17 bits per heavy atom. The monoisotopic (exact) mass is 324 g/mol. The molecule has 0 aliphatic carbocycles. The number of aryl methyl sites for hydroxylation is 1. The van der Waals surface area contributed by atoms with E-state index in [1.807, 2.05) is 61.5 Å². The van der Waals surface area contributed by atoms with Gasteiger partial charge in [0.2, 0.25) is 0 Å². The van der Waals surface area contributed by atoms with E-state index in [9.17, 15) is 4.79 Å². The third kappa shape index (κ3) is 3.96. The van der Waals surface area contributed by atoms with Crippen molar-refractivity contribution in [3.05, 3.63) is 76.8 Å². The average Bonchev–Trinajstić information content (AvgIpc) is 3.00. The summed E-state index contributed by atoms with van der Waals surface area (Å²) in [5.74, 6) is 0.680. The number of amides is 1. The molecule has 3 rings (SSSR count). The van der Waals surface area contributed by atoms with E-state index in [0.29, 0.717) is 12.2 Å². The number of anilines is 1. The van der Waals surface area contributed by atoms with E-state index in [-0.39, 0.29) is 5.91 Å². The third-order valence-corrected chi connectivity index (χ3v) is 4.05. The molecule has 0 aliphatic rings. The first-order chi connectivity index (χ1) is 11.2. The average molecular weight is 324 g/mol. The van der Waals surface area contributed by atoms with E-state index in [1.165, 1.54) is 11.5 Å². The quantitative estimate of drug-likeness (QED) is 0.762. The number of nitrogens with one attached hydrogen (secondary N) is 1. The molecule has 1 heterocycles. The summed E-state index contributed by atoms with van der Waals surface area (Å²) in [4.78, 5) is 12.2. The van der Waals surface area contributed by atoms with Crippen LogP contribution in [-0.2, 0) is 6.61 Å². The van der Waals surface area contributed by atoms with Gasteiger partial charge < -0.3 is 10.1 Å². The van der Waals surface area contributed by atoms with Crippen molar-refractivity contribution in [2.45, 2.75) is 13.5 Å². The topological polar surface area (TPSA) is 51.2 Å². The Labute approximate surface area is 138 Å². The molecule has 4 nitrogen and oxygen atoms in total. The number of para-hydroxylation sites is 1. The van der Waals surface area contributed by atoms with Crippen LogP contribution >= 0.6 is 11.5 Å². The van der Waals surface area contributed by atoms with Gasteiger partial charge in [-0.15, -0.1) is 0 Å². The largest absolute Gasteiger partial charge is 0.489 e. The van der Waals surface area contributed by atoms with E-state index >= 15 is 0 Å². The van der Waals surface area contributed by atoms with Crippen molar-refractivity contribution in [3.63, 3.8) is 0 Å². The predicted molar refractivity (Wildman–Crippen MR) is 92.0 cm³/mol. The van der Waals surface area contributed by atoms with Crippen molar-refractivity contribution in [3.8, 4) is 5.75 Å². The van der Waals surface area contributed by atoms with Crippen LogP contribution in [0.25, 0.3) is 0 Å². The zero-order valence-corrected chi connectivity index (χ0v) is 13.5. The van der Waals surface area contributed by atoms with E-state index in [4.69, 9.17) is 4.74 Å². The van der Waals surface area contributed by atoms with Crippen molar-refractivity contribution in [1.82, 2.24) is 4.37 Å². The second-order valence-electron chi connectivity index (χ2n) is 5.07. The van der Waals surface area contributed by atoms with Crippen LogP contribution in [0.5, 0.6) is 5.75 Å². The number of hydrogen-bond acceptors (Lipinski definition) is 4. The van der Waals surface area contributed by atoms with Crippen molar-refractivity contribution >= 4 is 23.1 Å². The van der Waals surface area contributed by atoms with E-state index < -0.39 is 0 Å². The first-order valence-corrected chi connectivity index (χ1v) is 8.05. The smallest absolute Gasteiger partial charge is 0.258 e. The molecule has 23 heavy (non-hydrogen) atoms. The molecule has 0 radical (unpaired) electrons. The minimum atomic E-state index is -0.141. The lowest BCUT2D eigenvalue weighted by atomic mass is 10.2. The Hall–Kier alpha value is -2.66. The molecular weight excluding hydrogens is 308 g/mol. The highest BCUT2D eigenvalue weighted by molar-refractivity contribution is 7.04. The Balaban J connectivity index is 1.65. The lowest BCUT2D eigenvalue weighted by Gasteiger charge is -2.09. The second-order valence-corrected chi connectivity index (χ2v) is 5.70. The molecular formula is C18H16N2O2S. The van der Waals surface area contributed by atoms with Crippen molar-refractivity contribution in [1.29, 1.82) is 0 Å². The van der Waals surface area contributed by atoms with Gasteiger partial charge in [0.05, 0.1) is 11.3 Å². The van der Waals surface area contributed by atoms with Gasteiger partial charge in [-0.25, -0.2) is 0 Å². The van der Waals surface area contributed by atoms with Crippen LogP contribution in [-0.4, -0.2) is 10.3 Å². The minimum Gasteiger partial charge on any atom is -0.489 e. The summed E-state index contributed by atoms with van der Waals surface area (Å²) in [7, 11) is 0. The van der Waals surface area contributed by atoms with Gasteiger partial charge in [-0.3, -0.25) is 4.79 Å². The number of carbonyl (C=O) groups is 1. The molecule has 0 bridgehead atoms. The van der Waals surface area contributed by atoms with Gasteiger partial charge >= 0.3 is 0 Å². The molecule has 0 spiro atoms. The molecule has 1 N–H and O–H groups in total. The third-order valence-electron chi connectivity index (χ3n) is 3.33. The van der Waals surface area contributed by atoms with Gasteiger partial charge in [0.1, 0.15) is 12.4 Å². The fourth-order valence-corrected chi connectivity index (χ4v) is 2.82. The van der Waals surface area contributed by atoms with Crippen LogP contribution in [0.4, 0.5) is 5.69 Å². The van der Waals surface area contributed by atoms with Crippen LogP contribution in [0.1, 0.15) is 21.6 Å². The molecule has 1 amide bonds. The van der Waals surface area contributed by atoms with Crippen molar-refractivity contribution < 1.29 is 9.53 Å². The maximum atomic E-state index is 12.2. The lowest BCUT2D eigenvalue weighted by Crippen LogP contribution is -2.12. The summed E-state index contributed by atoms with van der Waals surface area (Å²) in [5, 5.41) is 4.65. The Morgan fingerprint density at radius 2 is 2.00 bits per heavy atom. The van der Waals surface area contributed by atoms with Crippen LogP contribution < -0.4 is 10.1 Å². The summed E-state index contributed by atoms with van der Waals surface area (Å²) in [5.41, 5.74) is 3.10. The number of rotatable bonds is 5. The molecule has 5 heteroatoms. The molecule has 0 saturated heterocycles. The van der Waals surface area contributed by atoms with Gasteiger partial charge in [0.15, 0.2) is 0 Å². The van der Waals surface area contributed by atoms with Gasteiger partial charge in [-0.1, -0.05) is 30.3 Å². The summed E-state index contributed by atoms with van der Waals surface area (Å²) < 4.78 is 9.84. The molecule has 0 aliphatic heterocycles. The highest BCUT2D eigenvalue weighted by atomic mass is 32.1. The Morgan fingerprint density at radius 3 is 2.74 bits per heavy atom. The van der Waals surface area contributed by atoms with Crippen LogP contribution in [0, 0.1) is 6.92 Å². The number of hydrogen-bond donors (Lipinski definition) is 1. The molecule has 0 saturated carbocycles. The normalized spacial score (nSPS) is 10.3. The highest BCUT2D eigenvalue weighted by Gasteiger charge is 2.11. The van der Waals surface area contributed by atoms with E-state index in [1.54, 1.807) is 5.38 Å². The maximum absolute atomic E-state index is 12.2. The fourth-order valence-electron chi connectivity index (χ4n) is 2.13. The zero-order valence-electron chi connectivity index (χ0n) is 12.7. The van der Waals surface area contributed by atoms with Gasteiger partial charge in [0, 0.05) is 11.1 Å². The lowest BCUT2D eigenvalue weighted by molar-refractivity contribution is 0.102. The second kappa shape index (κ2) is 7.07. The summed E-state index contributed by atoms with van der Waals surface area (Å²) in [6, 6.07) is 17.3. The highest BCUT2D eigenvalue weighted by Crippen LogP contribution is 2.17. The van der Waals surface area contributed by atoms with Crippen molar-refractivity contribution in [2.75, 3.05) is 5.32 Å².